The largest absolute Gasteiger partial charge is 0.436 e. The van der Waals surface area contributed by atoms with Crippen molar-refractivity contribution in [3.05, 3.63) is 218 Å². The van der Waals surface area contributed by atoms with E-state index in [1.807, 2.05) is 72.8 Å². The van der Waals surface area contributed by atoms with Crippen LogP contribution in [0.4, 0.5) is 0 Å². The number of benzene rings is 10. The fourth-order valence-corrected chi connectivity index (χ4v) is 9.61. The van der Waals surface area contributed by atoms with E-state index in [9.17, 15) is 0 Å². The van der Waals surface area contributed by atoms with E-state index in [0.717, 1.165) is 110 Å². The molecule has 4 aromatic heterocycles. The molecular weight excluding hydrogens is 849 g/mol. The van der Waals surface area contributed by atoms with Crippen molar-refractivity contribution in [2.45, 2.75) is 0 Å². The highest BCUT2D eigenvalue weighted by Gasteiger charge is 2.19. The molecule has 0 saturated carbocycles. The summed E-state index contributed by atoms with van der Waals surface area (Å²) in [7, 11) is 0. The molecular formula is C61H36N6O2. The van der Waals surface area contributed by atoms with E-state index >= 15 is 0 Å². The van der Waals surface area contributed by atoms with Gasteiger partial charge in [0.15, 0.2) is 22.8 Å². The van der Waals surface area contributed by atoms with Crippen molar-refractivity contribution in [3.63, 3.8) is 0 Å². The lowest BCUT2D eigenvalue weighted by Crippen LogP contribution is -2.06. The molecule has 0 aliphatic heterocycles. The molecule has 14 aromatic rings. The summed E-state index contributed by atoms with van der Waals surface area (Å²) in [5, 5.41) is 6.63. The molecule has 322 valence electrons. The fraction of sp³-hybridized carbons (Fsp3) is 0. The van der Waals surface area contributed by atoms with Crippen LogP contribution in [0.15, 0.2) is 227 Å². The van der Waals surface area contributed by atoms with Gasteiger partial charge in [-0.15, -0.1) is 0 Å². The molecule has 4 heterocycles. The SMILES string of the molecule is c1ccc(-c2nc3cc(-c4ccc5cc(-c6nc(-c7ccc8cc(-c9ccc%10oc(-c%11ccccc%11)nc%10c9)ccc8c7)nc(-n7c8ccccc8c8ccccc87)n6)ccc5c4)ccc3o2)cc1. The maximum atomic E-state index is 6.11. The van der Waals surface area contributed by atoms with Gasteiger partial charge in [0.05, 0.1) is 11.0 Å². The van der Waals surface area contributed by atoms with Crippen molar-refractivity contribution in [2.24, 2.45) is 0 Å². The Hall–Kier alpha value is -9.53. The lowest BCUT2D eigenvalue weighted by molar-refractivity contribution is 0.619. The van der Waals surface area contributed by atoms with Gasteiger partial charge in [-0.05, 0) is 129 Å². The first-order valence-electron chi connectivity index (χ1n) is 22.9. The second-order valence-corrected chi connectivity index (χ2v) is 17.3. The van der Waals surface area contributed by atoms with Crippen molar-refractivity contribution in [1.82, 2.24) is 29.5 Å². The number of para-hydroxylation sites is 2. The number of aromatic nitrogens is 6. The molecule has 0 aliphatic rings. The first-order chi connectivity index (χ1) is 34.1. The van der Waals surface area contributed by atoms with Gasteiger partial charge in [0, 0.05) is 33.0 Å². The van der Waals surface area contributed by atoms with Gasteiger partial charge >= 0.3 is 0 Å². The fourth-order valence-electron chi connectivity index (χ4n) is 9.61. The van der Waals surface area contributed by atoms with E-state index in [2.05, 4.69) is 150 Å². The molecule has 10 aromatic carbocycles. The molecule has 0 unspecified atom stereocenters. The molecule has 0 radical (unpaired) electrons. The normalized spacial score (nSPS) is 11.8. The Labute approximate surface area is 394 Å². The lowest BCUT2D eigenvalue weighted by atomic mass is 9.99. The molecule has 0 aliphatic carbocycles. The molecule has 0 spiro atoms. The zero-order valence-corrected chi connectivity index (χ0v) is 36.8. The van der Waals surface area contributed by atoms with Gasteiger partial charge in [-0.2, -0.15) is 9.97 Å². The first kappa shape index (κ1) is 38.7. The monoisotopic (exact) mass is 884 g/mol. The molecule has 0 fully saturated rings. The molecule has 69 heavy (non-hydrogen) atoms. The van der Waals surface area contributed by atoms with E-state index in [0.29, 0.717) is 29.4 Å². The Morgan fingerprint density at radius 3 is 1.13 bits per heavy atom. The minimum absolute atomic E-state index is 0.552. The van der Waals surface area contributed by atoms with Crippen LogP contribution >= 0.6 is 0 Å². The summed E-state index contributed by atoms with van der Waals surface area (Å²) in [6.07, 6.45) is 0. The average molecular weight is 885 g/mol. The quantitative estimate of drug-likeness (QED) is 0.157. The van der Waals surface area contributed by atoms with Gasteiger partial charge in [-0.25, -0.2) is 15.0 Å². The molecule has 0 saturated heterocycles. The minimum Gasteiger partial charge on any atom is -0.436 e. The summed E-state index contributed by atoms with van der Waals surface area (Å²) >= 11 is 0. The second kappa shape index (κ2) is 15.5. The first-order valence-corrected chi connectivity index (χ1v) is 22.9. The van der Waals surface area contributed by atoms with Crippen molar-refractivity contribution in [1.29, 1.82) is 0 Å². The summed E-state index contributed by atoms with van der Waals surface area (Å²) in [4.78, 5) is 25.4. The van der Waals surface area contributed by atoms with E-state index in [1.54, 1.807) is 0 Å². The summed E-state index contributed by atoms with van der Waals surface area (Å²) in [6, 6.07) is 75.1. The smallest absolute Gasteiger partial charge is 0.238 e. The minimum atomic E-state index is 0.552. The van der Waals surface area contributed by atoms with Crippen molar-refractivity contribution in [3.8, 4) is 73.9 Å². The maximum absolute atomic E-state index is 6.11. The third-order valence-corrected chi connectivity index (χ3v) is 13.1. The Bertz CT molecular complexity index is 4050. The van der Waals surface area contributed by atoms with Crippen LogP contribution in [0, 0.1) is 0 Å². The standard InChI is InChI=1S/C61H36N6O2/c1-3-11-37(12-4-1)59-62-51-35-45(27-29-55(51)68-59)41-19-21-43-33-47(25-23-39(43)31-41)57-64-58(66-61(65-57)67-53-17-9-7-15-49(53)50-16-8-10-18-54(50)67)48-26-24-40-32-42(20-22-44(40)34-48)46-28-30-56-52(36-46)63-60(69-56)38-13-5-2-6-14-38/h1-36H. The van der Waals surface area contributed by atoms with Crippen molar-refractivity contribution < 1.29 is 8.83 Å². The number of hydrogen-bond acceptors (Lipinski definition) is 7. The average Bonchev–Trinajstić information content (AvgIpc) is 4.15. The van der Waals surface area contributed by atoms with Crippen LogP contribution < -0.4 is 0 Å². The highest BCUT2D eigenvalue weighted by atomic mass is 16.4. The molecule has 0 N–H and O–H groups in total. The Balaban J connectivity index is 0.846. The highest BCUT2D eigenvalue weighted by Crippen LogP contribution is 2.36. The number of rotatable bonds is 7. The van der Waals surface area contributed by atoms with E-state index in [-0.39, 0.29) is 0 Å². The summed E-state index contributed by atoms with van der Waals surface area (Å²) in [6.45, 7) is 0. The Kier molecular flexibility index (Phi) is 8.72. The van der Waals surface area contributed by atoms with Crippen LogP contribution in [0.5, 0.6) is 0 Å². The van der Waals surface area contributed by atoms with Crippen LogP contribution in [-0.2, 0) is 0 Å². The zero-order valence-electron chi connectivity index (χ0n) is 36.8. The highest BCUT2D eigenvalue weighted by molar-refractivity contribution is 6.09. The van der Waals surface area contributed by atoms with Crippen LogP contribution in [-0.4, -0.2) is 29.5 Å². The van der Waals surface area contributed by atoms with Crippen LogP contribution in [0.1, 0.15) is 0 Å². The van der Waals surface area contributed by atoms with Gasteiger partial charge in [0.2, 0.25) is 17.7 Å². The van der Waals surface area contributed by atoms with Crippen molar-refractivity contribution in [2.75, 3.05) is 0 Å². The lowest BCUT2D eigenvalue weighted by Gasteiger charge is -2.12. The summed E-state index contributed by atoms with van der Waals surface area (Å²) in [5.74, 6) is 2.95. The van der Waals surface area contributed by atoms with Crippen LogP contribution in [0.2, 0.25) is 0 Å². The van der Waals surface area contributed by atoms with E-state index in [1.165, 1.54) is 0 Å². The second-order valence-electron chi connectivity index (χ2n) is 17.3. The van der Waals surface area contributed by atoms with Gasteiger partial charge in [-0.1, -0.05) is 133 Å². The van der Waals surface area contributed by atoms with Gasteiger partial charge in [-0.3, -0.25) is 4.57 Å². The molecule has 8 nitrogen and oxygen atoms in total. The summed E-state index contributed by atoms with van der Waals surface area (Å²) in [5.41, 5.74) is 13.2. The van der Waals surface area contributed by atoms with Gasteiger partial charge < -0.3 is 8.83 Å². The van der Waals surface area contributed by atoms with Gasteiger partial charge in [0.1, 0.15) is 11.0 Å². The molecule has 8 heteroatoms. The number of oxazole rings is 2. The number of nitrogens with zero attached hydrogens (tertiary/aromatic N) is 6. The van der Waals surface area contributed by atoms with Crippen molar-refractivity contribution >= 4 is 65.6 Å². The maximum Gasteiger partial charge on any atom is 0.238 e. The Morgan fingerprint density at radius 2 is 0.667 bits per heavy atom. The summed E-state index contributed by atoms with van der Waals surface area (Å²) < 4.78 is 14.4. The Morgan fingerprint density at radius 1 is 0.290 bits per heavy atom. The van der Waals surface area contributed by atoms with E-state index in [4.69, 9.17) is 33.8 Å². The third-order valence-electron chi connectivity index (χ3n) is 13.1. The van der Waals surface area contributed by atoms with E-state index < -0.39 is 0 Å². The molecule has 0 amide bonds. The number of fused-ring (bicyclic) bond motifs is 7. The molecule has 0 atom stereocenters. The van der Waals surface area contributed by atoms with Crippen LogP contribution in [0.25, 0.3) is 139 Å². The van der Waals surface area contributed by atoms with Crippen LogP contribution in [0.3, 0.4) is 0 Å². The topological polar surface area (TPSA) is 95.7 Å². The number of hydrogen-bond donors (Lipinski definition) is 0. The van der Waals surface area contributed by atoms with Gasteiger partial charge in [0.25, 0.3) is 0 Å². The predicted octanol–water partition coefficient (Wildman–Crippen LogP) is 15.6. The predicted molar refractivity (Wildman–Crippen MR) is 277 cm³/mol. The molecule has 14 rings (SSSR count). The third kappa shape index (κ3) is 6.73. The molecule has 0 bridgehead atoms. The zero-order chi connectivity index (χ0) is 45.4.